The molecule has 0 radical (unpaired) electrons. The van der Waals surface area contributed by atoms with E-state index in [1.54, 1.807) is 12.1 Å². The number of hydrogen-bond acceptors (Lipinski definition) is 1. The second-order valence-corrected chi connectivity index (χ2v) is 4.58. The Morgan fingerprint density at radius 2 is 1.68 bits per heavy atom. The van der Waals surface area contributed by atoms with Gasteiger partial charge in [0.2, 0.25) is 0 Å². The fourth-order valence-electron chi connectivity index (χ4n) is 1.95. The lowest BCUT2D eigenvalue weighted by Gasteiger charge is -2.01. The van der Waals surface area contributed by atoms with Gasteiger partial charge < -0.3 is 4.57 Å². The van der Waals surface area contributed by atoms with Crippen LogP contribution >= 0.6 is 0 Å². The summed E-state index contributed by atoms with van der Waals surface area (Å²) in [5, 5.41) is 0. The summed E-state index contributed by atoms with van der Waals surface area (Å²) in [6.45, 7) is 0.825. The number of unbranched alkanes of at least 4 members (excludes halogenated alkanes) is 1. The zero-order valence-electron chi connectivity index (χ0n) is 11.0. The Bertz CT molecular complexity index is 549. The first-order valence-corrected chi connectivity index (χ1v) is 6.69. The van der Waals surface area contributed by atoms with Crippen LogP contribution in [0.25, 0.3) is 0 Å². The van der Waals surface area contributed by atoms with E-state index in [0.717, 1.165) is 19.4 Å². The molecule has 2 aromatic rings. The molecule has 1 aromatic carbocycles. The quantitative estimate of drug-likeness (QED) is 0.571. The molecule has 0 saturated carbocycles. The fourth-order valence-corrected chi connectivity index (χ4v) is 1.95. The maximum Gasteiger partial charge on any atom is 0.181 e. The van der Waals surface area contributed by atoms with E-state index in [2.05, 4.69) is 36.4 Å². The van der Waals surface area contributed by atoms with Gasteiger partial charge in [-0.2, -0.15) is 0 Å². The Labute approximate surface area is 114 Å². The van der Waals surface area contributed by atoms with Crippen molar-refractivity contribution < 1.29 is 0 Å². The highest BCUT2D eigenvalue weighted by Crippen LogP contribution is 2.04. The first kappa shape index (κ1) is 13.3. The van der Waals surface area contributed by atoms with Crippen molar-refractivity contribution in [1.82, 2.24) is 4.57 Å². The van der Waals surface area contributed by atoms with Crippen LogP contribution in [0.3, 0.4) is 0 Å². The second-order valence-electron chi connectivity index (χ2n) is 4.58. The number of allylic oxidation sites excluding steroid dienone is 2. The Morgan fingerprint density at radius 3 is 2.42 bits per heavy atom. The number of rotatable bonds is 6. The molecule has 0 aliphatic heterocycles. The predicted molar refractivity (Wildman–Crippen MR) is 79.2 cm³/mol. The highest BCUT2D eigenvalue weighted by molar-refractivity contribution is 5.14. The number of nitrogens with zero attached hydrogens (tertiary/aromatic N) is 1. The van der Waals surface area contributed by atoms with E-state index in [9.17, 15) is 4.79 Å². The Balaban J connectivity index is 1.67. The molecule has 2 rings (SSSR count). The van der Waals surface area contributed by atoms with Crippen molar-refractivity contribution in [1.29, 1.82) is 0 Å². The van der Waals surface area contributed by atoms with Gasteiger partial charge in [-0.3, -0.25) is 4.79 Å². The summed E-state index contributed by atoms with van der Waals surface area (Å²) in [7, 11) is 0. The molecule has 0 N–H and O–H groups in total. The molecule has 0 saturated heterocycles. The van der Waals surface area contributed by atoms with Gasteiger partial charge in [0.25, 0.3) is 0 Å². The van der Waals surface area contributed by atoms with Crippen molar-refractivity contribution in [2.45, 2.75) is 25.8 Å². The largest absolute Gasteiger partial charge is 0.350 e. The van der Waals surface area contributed by atoms with Crippen LogP contribution < -0.4 is 5.43 Å². The number of pyridine rings is 1. The normalized spacial score (nSPS) is 10.9. The molecule has 19 heavy (non-hydrogen) atoms. The average molecular weight is 253 g/mol. The summed E-state index contributed by atoms with van der Waals surface area (Å²) in [5.74, 6) is 0. The molecule has 0 amide bonds. The zero-order valence-corrected chi connectivity index (χ0v) is 11.0. The lowest BCUT2D eigenvalue weighted by atomic mass is 10.1. The highest BCUT2D eigenvalue weighted by Gasteiger charge is 1.90. The number of hydrogen-bond donors (Lipinski definition) is 0. The average Bonchev–Trinajstić information content (AvgIpc) is 2.46. The van der Waals surface area contributed by atoms with E-state index in [1.807, 2.05) is 23.0 Å². The van der Waals surface area contributed by atoms with Crippen molar-refractivity contribution in [3.63, 3.8) is 0 Å². The molecule has 0 fully saturated rings. The minimum absolute atomic E-state index is 0.0584. The van der Waals surface area contributed by atoms with Gasteiger partial charge >= 0.3 is 0 Å². The summed E-state index contributed by atoms with van der Waals surface area (Å²) in [6, 6.07) is 13.7. The summed E-state index contributed by atoms with van der Waals surface area (Å²) in [6.07, 6.45) is 11.4. The van der Waals surface area contributed by atoms with Crippen LogP contribution in [0.5, 0.6) is 0 Å². The molecular formula is C17H19NO. The minimum Gasteiger partial charge on any atom is -0.350 e. The molecule has 0 unspecified atom stereocenters. The van der Waals surface area contributed by atoms with Crippen LogP contribution in [0, 0.1) is 0 Å². The lowest BCUT2D eigenvalue weighted by Crippen LogP contribution is -2.02. The maximum absolute atomic E-state index is 10.9. The molecular weight excluding hydrogens is 234 g/mol. The standard InChI is InChI=1S/C17H19NO/c19-17-11-14-18(15-12-17)13-7-2-1-4-8-16-9-5-3-6-10-16/h2-3,5-7,9-12,14-15H,1,4,8,13H2/b7-2+. The summed E-state index contributed by atoms with van der Waals surface area (Å²) in [5.41, 5.74) is 1.46. The molecule has 0 bridgehead atoms. The van der Waals surface area contributed by atoms with E-state index in [0.29, 0.717) is 0 Å². The van der Waals surface area contributed by atoms with Gasteiger partial charge in [0.1, 0.15) is 0 Å². The van der Waals surface area contributed by atoms with Gasteiger partial charge in [-0.1, -0.05) is 42.5 Å². The van der Waals surface area contributed by atoms with Crippen LogP contribution in [0.4, 0.5) is 0 Å². The Morgan fingerprint density at radius 1 is 0.947 bits per heavy atom. The third kappa shape index (κ3) is 4.96. The van der Waals surface area contributed by atoms with Crippen LogP contribution in [-0.4, -0.2) is 4.57 Å². The van der Waals surface area contributed by atoms with E-state index < -0.39 is 0 Å². The minimum atomic E-state index is 0.0584. The second kappa shape index (κ2) is 7.37. The van der Waals surface area contributed by atoms with Crippen molar-refractivity contribution in [2.24, 2.45) is 0 Å². The zero-order chi connectivity index (χ0) is 13.3. The van der Waals surface area contributed by atoms with Crippen LogP contribution in [0.15, 0.2) is 71.8 Å². The van der Waals surface area contributed by atoms with Gasteiger partial charge in [-0.25, -0.2) is 0 Å². The Hall–Kier alpha value is -2.09. The van der Waals surface area contributed by atoms with Gasteiger partial charge in [0, 0.05) is 31.1 Å². The molecule has 0 aliphatic carbocycles. The first-order chi connectivity index (χ1) is 9.34. The molecule has 0 atom stereocenters. The number of aryl methyl sites for hydroxylation is 1. The third-order valence-corrected chi connectivity index (χ3v) is 3.02. The molecule has 1 heterocycles. The number of benzene rings is 1. The van der Waals surface area contributed by atoms with E-state index >= 15 is 0 Å². The summed E-state index contributed by atoms with van der Waals surface area (Å²) < 4.78 is 2.00. The van der Waals surface area contributed by atoms with E-state index in [1.165, 1.54) is 12.0 Å². The van der Waals surface area contributed by atoms with Crippen molar-refractivity contribution in [3.05, 3.63) is 82.8 Å². The van der Waals surface area contributed by atoms with Crippen molar-refractivity contribution in [3.8, 4) is 0 Å². The van der Waals surface area contributed by atoms with Gasteiger partial charge in [0.15, 0.2) is 5.43 Å². The molecule has 2 heteroatoms. The van der Waals surface area contributed by atoms with Gasteiger partial charge in [-0.15, -0.1) is 0 Å². The fraction of sp³-hybridized carbons (Fsp3) is 0.235. The molecule has 2 nitrogen and oxygen atoms in total. The molecule has 1 aromatic heterocycles. The van der Waals surface area contributed by atoms with Crippen molar-refractivity contribution in [2.75, 3.05) is 0 Å². The van der Waals surface area contributed by atoms with Crippen LogP contribution in [0.2, 0.25) is 0 Å². The van der Waals surface area contributed by atoms with E-state index in [4.69, 9.17) is 0 Å². The summed E-state index contributed by atoms with van der Waals surface area (Å²) in [4.78, 5) is 10.9. The van der Waals surface area contributed by atoms with Crippen LogP contribution in [0.1, 0.15) is 18.4 Å². The van der Waals surface area contributed by atoms with Gasteiger partial charge in [-0.05, 0) is 24.8 Å². The van der Waals surface area contributed by atoms with Crippen molar-refractivity contribution >= 4 is 0 Å². The Kier molecular flexibility index (Phi) is 5.17. The maximum atomic E-state index is 10.9. The summed E-state index contributed by atoms with van der Waals surface area (Å²) >= 11 is 0. The van der Waals surface area contributed by atoms with E-state index in [-0.39, 0.29) is 5.43 Å². The molecule has 0 spiro atoms. The monoisotopic (exact) mass is 253 g/mol. The SMILES string of the molecule is O=c1ccn(C/C=C/CCCc2ccccc2)cc1. The predicted octanol–water partition coefficient (Wildman–Crippen LogP) is 3.43. The highest BCUT2D eigenvalue weighted by atomic mass is 16.1. The molecule has 0 aliphatic rings. The number of aromatic nitrogens is 1. The first-order valence-electron chi connectivity index (χ1n) is 6.69. The van der Waals surface area contributed by atoms with Gasteiger partial charge in [0.05, 0.1) is 0 Å². The molecule has 98 valence electrons. The smallest absolute Gasteiger partial charge is 0.181 e. The van der Waals surface area contributed by atoms with Crippen LogP contribution in [-0.2, 0) is 13.0 Å². The lowest BCUT2D eigenvalue weighted by molar-refractivity contribution is 0.795. The topological polar surface area (TPSA) is 22.0 Å². The third-order valence-electron chi connectivity index (χ3n) is 3.02.